The minimum atomic E-state index is -0.257. The third-order valence-corrected chi connectivity index (χ3v) is 5.12. The lowest BCUT2D eigenvalue weighted by atomic mass is 10.1. The van der Waals surface area contributed by atoms with Gasteiger partial charge in [-0.25, -0.2) is 0 Å². The summed E-state index contributed by atoms with van der Waals surface area (Å²) in [5, 5.41) is 0. The molecule has 1 aliphatic rings. The molecular weight excluding hydrogens is 392 g/mol. The number of nitrogens with zero attached hydrogens (tertiary/aromatic N) is 2. The van der Waals surface area contributed by atoms with Crippen LogP contribution in [0.1, 0.15) is 21.5 Å². The van der Waals surface area contributed by atoms with Gasteiger partial charge in [-0.05, 0) is 47.9 Å². The minimum absolute atomic E-state index is 0.208. The molecule has 130 valence electrons. The Balaban J connectivity index is 1.66. The van der Waals surface area contributed by atoms with E-state index in [4.69, 9.17) is 0 Å². The Hall–Kier alpha value is -2.66. The number of anilines is 1. The van der Waals surface area contributed by atoms with Crippen molar-refractivity contribution in [1.29, 1.82) is 0 Å². The van der Waals surface area contributed by atoms with E-state index in [2.05, 4.69) is 15.9 Å². The number of hydrogen-bond acceptors (Lipinski definition) is 2. The predicted molar refractivity (Wildman–Crippen MR) is 106 cm³/mol. The van der Waals surface area contributed by atoms with E-state index in [1.165, 1.54) is 0 Å². The highest BCUT2D eigenvalue weighted by Crippen LogP contribution is 2.31. The number of halogens is 1. The van der Waals surface area contributed by atoms with Gasteiger partial charge in [0.2, 0.25) is 0 Å². The highest BCUT2D eigenvalue weighted by molar-refractivity contribution is 9.10. The molecular formula is C21H17BrN2O2. The Morgan fingerprint density at radius 1 is 1.04 bits per heavy atom. The normalized spacial score (nSPS) is 12.9. The number of carbonyl (C=O) groups is 1. The molecule has 0 spiro atoms. The number of carbonyl (C=O) groups excluding carboxylic acids is 1. The Bertz CT molecular complexity index is 1030. The van der Waals surface area contributed by atoms with Crippen LogP contribution in [0.25, 0.3) is 0 Å². The summed E-state index contributed by atoms with van der Waals surface area (Å²) in [7, 11) is 0. The predicted octanol–water partition coefficient (Wildman–Crippen LogP) is 3.86. The van der Waals surface area contributed by atoms with Gasteiger partial charge < -0.3 is 9.47 Å². The van der Waals surface area contributed by atoms with Crippen molar-refractivity contribution in [2.24, 2.45) is 0 Å². The van der Waals surface area contributed by atoms with Gasteiger partial charge in [0.25, 0.3) is 11.5 Å². The summed E-state index contributed by atoms with van der Waals surface area (Å²) in [5.41, 5.74) is 2.98. The molecule has 0 N–H and O–H groups in total. The average molecular weight is 409 g/mol. The molecule has 0 saturated carbocycles. The second-order valence-electron chi connectivity index (χ2n) is 6.32. The lowest BCUT2D eigenvalue weighted by Gasteiger charge is -2.18. The molecule has 0 unspecified atom stereocenters. The van der Waals surface area contributed by atoms with E-state index in [-0.39, 0.29) is 17.0 Å². The summed E-state index contributed by atoms with van der Waals surface area (Å²) in [5.74, 6) is -0.238. The molecule has 0 bridgehead atoms. The SMILES string of the molecule is O=C(c1cccn(Cc2ccccc2)c1=O)N1CCc2cc(Br)ccc21. The molecule has 4 nitrogen and oxygen atoms in total. The summed E-state index contributed by atoms with van der Waals surface area (Å²) >= 11 is 3.46. The lowest BCUT2D eigenvalue weighted by Crippen LogP contribution is -2.35. The molecule has 0 fully saturated rings. The zero-order valence-corrected chi connectivity index (χ0v) is 15.6. The molecule has 0 aliphatic carbocycles. The zero-order valence-electron chi connectivity index (χ0n) is 14.1. The van der Waals surface area contributed by atoms with Crippen LogP contribution in [0.4, 0.5) is 5.69 Å². The molecule has 0 saturated heterocycles. The zero-order chi connectivity index (χ0) is 18.1. The third kappa shape index (κ3) is 3.10. The maximum absolute atomic E-state index is 13.0. The number of rotatable bonds is 3. The number of fused-ring (bicyclic) bond motifs is 1. The van der Waals surface area contributed by atoms with Crippen molar-refractivity contribution in [3.8, 4) is 0 Å². The van der Waals surface area contributed by atoms with Crippen LogP contribution in [-0.4, -0.2) is 17.0 Å². The van der Waals surface area contributed by atoms with Crippen LogP contribution in [-0.2, 0) is 13.0 Å². The third-order valence-electron chi connectivity index (χ3n) is 4.63. The first kappa shape index (κ1) is 16.8. The quantitative estimate of drug-likeness (QED) is 0.660. The van der Waals surface area contributed by atoms with Crippen LogP contribution in [0.5, 0.6) is 0 Å². The number of aromatic nitrogens is 1. The minimum Gasteiger partial charge on any atom is -0.310 e. The molecule has 2 heterocycles. The van der Waals surface area contributed by atoms with Crippen LogP contribution >= 0.6 is 15.9 Å². The van der Waals surface area contributed by atoms with E-state index in [1.807, 2.05) is 48.5 Å². The van der Waals surface area contributed by atoms with Gasteiger partial charge in [-0.3, -0.25) is 9.59 Å². The fraction of sp³-hybridized carbons (Fsp3) is 0.143. The van der Waals surface area contributed by atoms with Crippen molar-refractivity contribution < 1.29 is 4.79 Å². The van der Waals surface area contributed by atoms with Crippen molar-refractivity contribution in [2.45, 2.75) is 13.0 Å². The largest absolute Gasteiger partial charge is 0.310 e. The van der Waals surface area contributed by atoms with Crippen LogP contribution < -0.4 is 10.5 Å². The molecule has 26 heavy (non-hydrogen) atoms. The number of amides is 1. The van der Waals surface area contributed by atoms with Crippen molar-refractivity contribution in [2.75, 3.05) is 11.4 Å². The molecule has 1 aromatic heterocycles. The Labute approximate surface area is 159 Å². The standard InChI is InChI=1S/C21H17BrN2O2/c22-17-8-9-19-16(13-17)10-12-24(19)21(26)18-7-4-11-23(20(18)25)14-15-5-2-1-3-6-15/h1-9,11,13H,10,12,14H2. The first-order chi connectivity index (χ1) is 12.6. The molecule has 5 heteroatoms. The maximum Gasteiger partial charge on any atom is 0.263 e. The van der Waals surface area contributed by atoms with Gasteiger partial charge in [0, 0.05) is 22.9 Å². The van der Waals surface area contributed by atoms with Gasteiger partial charge in [0.15, 0.2) is 0 Å². The summed E-state index contributed by atoms with van der Waals surface area (Å²) < 4.78 is 2.58. The fourth-order valence-electron chi connectivity index (χ4n) is 3.33. The van der Waals surface area contributed by atoms with Gasteiger partial charge >= 0.3 is 0 Å². The molecule has 1 aliphatic heterocycles. The average Bonchev–Trinajstić information content (AvgIpc) is 3.07. The highest BCUT2D eigenvalue weighted by atomic mass is 79.9. The van der Waals surface area contributed by atoms with E-state index in [9.17, 15) is 9.59 Å². The van der Waals surface area contributed by atoms with Gasteiger partial charge in [-0.1, -0.05) is 46.3 Å². The highest BCUT2D eigenvalue weighted by Gasteiger charge is 2.27. The van der Waals surface area contributed by atoms with Crippen molar-refractivity contribution >= 4 is 27.5 Å². The van der Waals surface area contributed by atoms with Gasteiger partial charge in [0.05, 0.1) is 6.54 Å². The molecule has 4 rings (SSSR count). The summed E-state index contributed by atoms with van der Waals surface area (Å²) in [6.45, 7) is 1.04. The second-order valence-corrected chi connectivity index (χ2v) is 7.24. The van der Waals surface area contributed by atoms with Gasteiger partial charge in [0.1, 0.15) is 5.56 Å². The molecule has 1 amide bonds. The van der Waals surface area contributed by atoms with Crippen molar-refractivity contribution in [3.63, 3.8) is 0 Å². The van der Waals surface area contributed by atoms with E-state index >= 15 is 0 Å². The first-order valence-electron chi connectivity index (χ1n) is 8.47. The van der Waals surface area contributed by atoms with Crippen LogP contribution in [0, 0.1) is 0 Å². The molecule has 0 atom stereocenters. The summed E-state index contributed by atoms with van der Waals surface area (Å²) in [6.07, 6.45) is 2.52. The Morgan fingerprint density at radius 2 is 1.85 bits per heavy atom. The fourth-order valence-corrected chi connectivity index (χ4v) is 3.74. The Kier molecular flexibility index (Phi) is 4.47. The monoisotopic (exact) mass is 408 g/mol. The summed E-state index contributed by atoms with van der Waals surface area (Å²) in [4.78, 5) is 27.6. The van der Waals surface area contributed by atoms with E-state index in [1.54, 1.807) is 27.8 Å². The molecule has 0 radical (unpaired) electrons. The Morgan fingerprint density at radius 3 is 2.65 bits per heavy atom. The van der Waals surface area contributed by atoms with Crippen molar-refractivity contribution in [3.05, 3.63) is 98.4 Å². The second kappa shape index (κ2) is 6.92. The number of benzene rings is 2. The maximum atomic E-state index is 13.0. The van der Waals surface area contributed by atoms with Gasteiger partial charge in [-0.2, -0.15) is 0 Å². The smallest absolute Gasteiger partial charge is 0.263 e. The van der Waals surface area contributed by atoms with E-state index < -0.39 is 0 Å². The van der Waals surface area contributed by atoms with E-state index in [0.717, 1.165) is 27.7 Å². The van der Waals surface area contributed by atoms with Crippen molar-refractivity contribution in [1.82, 2.24) is 4.57 Å². The lowest BCUT2D eigenvalue weighted by molar-refractivity contribution is 0.0987. The molecule has 2 aromatic carbocycles. The topological polar surface area (TPSA) is 42.3 Å². The van der Waals surface area contributed by atoms with Crippen LogP contribution in [0.15, 0.2) is 76.1 Å². The molecule has 3 aromatic rings. The van der Waals surface area contributed by atoms with Crippen LogP contribution in [0.3, 0.4) is 0 Å². The number of hydrogen-bond donors (Lipinski definition) is 0. The van der Waals surface area contributed by atoms with Gasteiger partial charge in [-0.15, -0.1) is 0 Å². The number of pyridine rings is 1. The van der Waals surface area contributed by atoms with E-state index in [0.29, 0.717) is 13.1 Å². The van der Waals surface area contributed by atoms with Crippen LogP contribution in [0.2, 0.25) is 0 Å². The summed E-state index contributed by atoms with van der Waals surface area (Å²) in [6, 6.07) is 19.0. The first-order valence-corrected chi connectivity index (χ1v) is 9.26.